The standard InChI is InChI=1S/C33H48N2O3S.BrH/c1-4-5-6-7-8-9-10-11-12-13-14-15-21-38-32-23-30(37-3)19-20-31(32)33(36)34-29-18-16-17-28(22-29)25-35-24-27(2)39-26-35;/h16-20,22-24H,4-15,21,25-26H2,1-3H3,(H,34,36);1H. The van der Waals surface area contributed by atoms with Crippen molar-refractivity contribution in [3.8, 4) is 11.5 Å². The molecule has 7 heteroatoms. The van der Waals surface area contributed by atoms with Gasteiger partial charge in [-0.2, -0.15) is 0 Å². The van der Waals surface area contributed by atoms with Gasteiger partial charge < -0.3 is 19.7 Å². The molecule has 222 valence electrons. The van der Waals surface area contributed by atoms with Crippen LogP contribution in [0.3, 0.4) is 0 Å². The second kappa shape index (κ2) is 19.9. The van der Waals surface area contributed by atoms with E-state index in [9.17, 15) is 4.79 Å². The Labute approximate surface area is 257 Å². The van der Waals surface area contributed by atoms with Crippen LogP contribution in [0.1, 0.15) is 107 Å². The van der Waals surface area contributed by atoms with Gasteiger partial charge in [-0.1, -0.05) is 89.7 Å². The molecule has 0 saturated carbocycles. The fraction of sp³-hybridized carbons (Fsp3) is 0.545. The van der Waals surface area contributed by atoms with Crippen LogP contribution >= 0.6 is 28.7 Å². The number of nitrogens with zero attached hydrogens (tertiary/aromatic N) is 1. The number of halogens is 1. The predicted octanol–water partition coefficient (Wildman–Crippen LogP) is 9.97. The maximum atomic E-state index is 13.2. The zero-order valence-corrected chi connectivity index (χ0v) is 27.2. The molecule has 1 N–H and O–H groups in total. The maximum Gasteiger partial charge on any atom is 0.259 e. The van der Waals surface area contributed by atoms with Gasteiger partial charge in [0.15, 0.2) is 0 Å². The third-order valence-electron chi connectivity index (χ3n) is 7.08. The molecule has 3 rings (SSSR count). The highest BCUT2D eigenvalue weighted by Crippen LogP contribution is 2.28. The third-order valence-corrected chi connectivity index (χ3v) is 8.10. The summed E-state index contributed by atoms with van der Waals surface area (Å²) in [5.41, 5.74) is 2.47. The molecule has 1 amide bonds. The largest absolute Gasteiger partial charge is 0.497 e. The van der Waals surface area contributed by atoms with E-state index in [0.717, 1.165) is 36.5 Å². The summed E-state index contributed by atoms with van der Waals surface area (Å²) in [6.45, 7) is 5.83. The van der Waals surface area contributed by atoms with Gasteiger partial charge >= 0.3 is 0 Å². The van der Waals surface area contributed by atoms with Crippen LogP contribution in [0.5, 0.6) is 11.5 Å². The average Bonchev–Trinajstić information content (AvgIpc) is 3.35. The van der Waals surface area contributed by atoms with Gasteiger partial charge in [-0.25, -0.2) is 0 Å². The average molecular weight is 634 g/mol. The topological polar surface area (TPSA) is 50.8 Å². The Balaban J connectivity index is 0.00000560. The van der Waals surface area contributed by atoms with E-state index in [0.29, 0.717) is 23.7 Å². The fourth-order valence-corrected chi connectivity index (χ4v) is 5.61. The number of allylic oxidation sites excluding steroid dienone is 1. The van der Waals surface area contributed by atoms with E-state index in [1.165, 1.54) is 69.1 Å². The molecule has 1 aliphatic rings. The Kier molecular flexibility index (Phi) is 16.9. The van der Waals surface area contributed by atoms with Crippen LogP contribution < -0.4 is 14.8 Å². The molecule has 0 unspecified atom stereocenters. The minimum absolute atomic E-state index is 0. The number of carbonyl (C=O) groups excluding carboxylic acids is 1. The van der Waals surface area contributed by atoms with Crippen molar-refractivity contribution in [2.24, 2.45) is 0 Å². The number of nitrogens with one attached hydrogen (secondary N) is 1. The monoisotopic (exact) mass is 632 g/mol. The maximum absolute atomic E-state index is 13.2. The summed E-state index contributed by atoms with van der Waals surface area (Å²) in [6, 6.07) is 13.5. The Hall–Kier alpha value is -2.12. The number of rotatable bonds is 19. The molecule has 2 aromatic carbocycles. The summed E-state index contributed by atoms with van der Waals surface area (Å²) in [4.78, 5) is 16.8. The lowest BCUT2D eigenvalue weighted by Gasteiger charge is -2.16. The second-order valence-electron chi connectivity index (χ2n) is 10.5. The number of anilines is 1. The number of carbonyl (C=O) groups is 1. The molecule has 2 aromatic rings. The lowest BCUT2D eigenvalue weighted by atomic mass is 10.1. The van der Waals surface area contributed by atoms with E-state index in [1.807, 2.05) is 42.1 Å². The molecule has 0 bridgehead atoms. The highest BCUT2D eigenvalue weighted by molar-refractivity contribution is 8.93. The van der Waals surface area contributed by atoms with Crippen LogP contribution in [-0.2, 0) is 6.54 Å². The zero-order valence-electron chi connectivity index (χ0n) is 24.7. The molecule has 0 fully saturated rings. The summed E-state index contributed by atoms with van der Waals surface area (Å²) in [5, 5.41) is 3.06. The summed E-state index contributed by atoms with van der Waals surface area (Å²) < 4.78 is 11.5. The lowest BCUT2D eigenvalue weighted by molar-refractivity contribution is 0.102. The van der Waals surface area contributed by atoms with E-state index < -0.39 is 0 Å². The number of hydrogen-bond acceptors (Lipinski definition) is 5. The Morgan fingerprint density at radius 3 is 2.23 bits per heavy atom. The van der Waals surface area contributed by atoms with E-state index in [2.05, 4.69) is 36.3 Å². The number of hydrogen-bond donors (Lipinski definition) is 1. The van der Waals surface area contributed by atoms with Crippen molar-refractivity contribution in [2.45, 2.75) is 97.4 Å². The lowest BCUT2D eigenvalue weighted by Crippen LogP contribution is -2.15. The number of unbranched alkanes of at least 4 members (excludes halogenated alkanes) is 11. The van der Waals surface area contributed by atoms with Crippen molar-refractivity contribution in [3.05, 3.63) is 64.7 Å². The number of ether oxygens (including phenoxy) is 2. The van der Waals surface area contributed by atoms with Crippen LogP contribution in [0.4, 0.5) is 5.69 Å². The van der Waals surface area contributed by atoms with Gasteiger partial charge in [0.05, 0.1) is 25.2 Å². The summed E-state index contributed by atoms with van der Waals surface area (Å²) in [7, 11) is 1.63. The molecular formula is C33H49BrN2O3S. The number of benzene rings is 2. The van der Waals surface area contributed by atoms with Crippen molar-refractivity contribution in [1.82, 2.24) is 4.90 Å². The van der Waals surface area contributed by atoms with Gasteiger partial charge in [0.25, 0.3) is 5.91 Å². The minimum Gasteiger partial charge on any atom is -0.497 e. The first-order valence-electron chi connectivity index (χ1n) is 14.9. The molecule has 0 radical (unpaired) electrons. The molecule has 0 spiro atoms. The van der Waals surface area contributed by atoms with Gasteiger partial charge in [0, 0.05) is 24.5 Å². The van der Waals surface area contributed by atoms with Crippen molar-refractivity contribution in [3.63, 3.8) is 0 Å². The van der Waals surface area contributed by atoms with Crippen molar-refractivity contribution >= 4 is 40.3 Å². The molecule has 0 saturated heterocycles. The molecule has 0 atom stereocenters. The number of methoxy groups -OCH3 is 1. The molecule has 0 aromatic heterocycles. The van der Waals surface area contributed by atoms with Crippen LogP contribution in [-0.4, -0.2) is 30.4 Å². The zero-order chi connectivity index (χ0) is 27.7. The van der Waals surface area contributed by atoms with Crippen LogP contribution in [0.15, 0.2) is 53.6 Å². The molecular weight excluding hydrogens is 584 g/mol. The van der Waals surface area contributed by atoms with Gasteiger partial charge in [-0.3, -0.25) is 4.79 Å². The first-order chi connectivity index (χ1) is 19.1. The molecule has 1 aliphatic heterocycles. The van der Waals surface area contributed by atoms with Crippen molar-refractivity contribution in [2.75, 3.05) is 24.9 Å². The van der Waals surface area contributed by atoms with Crippen molar-refractivity contribution < 1.29 is 14.3 Å². The highest BCUT2D eigenvalue weighted by atomic mass is 79.9. The van der Waals surface area contributed by atoms with E-state index in [4.69, 9.17) is 9.47 Å². The van der Waals surface area contributed by atoms with Gasteiger partial charge in [0.2, 0.25) is 0 Å². The third kappa shape index (κ3) is 12.6. The molecule has 5 nitrogen and oxygen atoms in total. The first-order valence-corrected chi connectivity index (χ1v) is 15.8. The van der Waals surface area contributed by atoms with Gasteiger partial charge in [-0.15, -0.1) is 28.7 Å². The fourth-order valence-electron chi connectivity index (χ4n) is 4.85. The second-order valence-corrected chi connectivity index (χ2v) is 11.7. The predicted molar refractivity (Wildman–Crippen MR) is 176 cm³/mol. The molecule has 0 aliphatic carbocycles. The van der Waals surface area contributed by atoms with Gasteiger partial charge in [0.1, 0.15) is 11.5 Å². The Morgan fingerprint density at radius 1 is 0.925 bits per heavy atom. The smallest absolute Gasteiger partial charge is 0.259 e. The summed E-state index contributed by atoms with van der Waals surface area (Å²) in [5.74, 6) is 2.05. The van der Waals surface area contributed by atoms with Crippen LogP contribution in [0, 0.1) is 0 Å². The van der Waals surface area contributed by atoms with E-state index in [1.54, 1.807) is 13.2 Å². The SMILES string of the molecule is Br.CCCCCCCCCCCCCCOc1cc(OC)ccc1C(=O)Nc1cccc(CN2C=C(C)SC2)c1. The Bertz CT molecular complexity index is 1050. The van der Waals surface area contributed by atoms with E-state index in [-0.39, 0.29) is 22.9 Å². The minimum atomic E-state index is -0.174. The first kappa shape index (κ1) is 34.1. The molecule has 40 heavy (non-hydrogen) atoms. The van der Waals surface area contributed by atoms with Crippen LogP contribution in [0.25, 0.3) is 0 Å². The van der Waals surface area contributed by atoms with Crippen LogP contribution in [0.2, 0.25) is 0 Å². The van der Waals surface area contributed by atoms with Gasteiger partial charge in [-0.05, 0) is 48.1 Å². The van der Waals surface area contributed by atoms with Crippen molar-refractivity contribution in [1.29, 1.82) is 0 Å². The van der Waals surface area contributed by atoms with E-state index >= 15 is 0 Å². The normalized spacial score (nSPS) is 12.6. The quantitative estimate of drug-likeness (QED) is 0.156. The number of amides is 1. The summed E-state index contributed by atoms with van der Waals surface area (Å²) >= 11 is 1.85. The molecule has 1 heterocycles. The summed E-state index contributed by atoms with van der Waals surface area (Å²) in [6.07, 6.45) is 17.8. The highest BCUT2D eigenvalue weighted by Gasteiger charge is 2.15. The Morgan fingerprint density at radius 2 is 1.60 bits per heavy atom. The number of thioether (sulfide) groups is 1.